The first-order chi connectivity index (χ1) is 27.8. The lowest BCUT2D eigenvalue weighted by Gasteiger charge is -2.21. The minimum Gasteiger partial charge on any atom is -0.0616 e. The molecule has 2 aliphatic carbocycles. The zero-order valence-corrected chi connectivity index (χ0v) is 30.5. The van der Waals surface area contributed by atoms with Gasteiger partial charge in [0.05, 0.1) is 0 Å². The van der Waals surface area contributed by atoms with Crippen LogP contribution in [0.1, 0.15) is 0 Å². The maximum Gasteiger partial charge on any atom is -0.000741 e. The van der Waals surface area contributed by atoms with Crippen molar-refractivity contribution in [3.8, 4) is 77.9 Å². The second-order valence-corrected chi connectivity index (χ2v) is 15.5. The van der Waals surface area contributed by atoms with Gasteiger partial charge in [-0.1, -0.05) is 182 Å². The minimum absolute atomic E-state index is 1.25. The van der Waals surface area contributed by atoms with Crippen LogP contribution in [0, 0.1) is 0 Å². The second kappa shape index (κ2) is 11.1. The molecule has 2 aliphatic rings. The van der Waals surface area contributed by atoms with E-state index in [0.717, 1.165) is 0 Å². The van der Waals surface area contributed by atoms with E-state index in [1.54, 1.807) is 0 Å². The summed E-state index contributed by atoms with van der Waals surface area (Å²) in [7, 11) is 0. The molecule has 56 heavy (non-hydrogen) atoms. The first-order valence-corrected chi connectivity index (χ1v) is 19.6. The third kappa shape index (κ3) is 3.98. The van der Waals surface area contributed by atoms with Crippen LogP contribution in [0.25, 0.3) is 132 Å². The van der Waals surface area contributed by atoms with Crippen molar-refractivity contribution in [1.82, 2.24) is 0 Å². The Morgan fingerprint density at radius 3 is 1.14 bits per heavy atom. The van der Waals surface area contributed by atoms with E-state index in [9.17, 15) is 0 Å². The number of benzene rings is 11. The molecule has 0 saturated carbocycles. The van der Waals surface area contributed by atoms with Gasteiger partial charge in [0.25, 0.3) is 0 Å². The third-order valence-electron chi connectivity index (χ3n) is 12.7. The van der Waals surface area contributed by atoms with E-state index in [1.807, 2.05) is 0 Å². The lowest BCUT2D eigenvalue weighted by molar-refractivity contribution is 1.65. The molecule has 0 amide bonds. The Kier molecular flexibility index (Phi) is 5.98. The fraction of sp³-hybridized carbons (Fsp3) is 0. The first kappa shape index (κ1) is 30.1. The molecule has 0 heteroatoms. The lowest BCUT2D eigenvalue weighted by atomic mass is 9.82. The van der Waals surface area contributed by atoms with Crippen molar-refractivity contribution in [1.29, 1.82) is 0 Å². The van der Waals surface area contributed by atoms with Crippen LogP contribution in [0.5, 0.6) is 0 Å². The normalized spacial score (nSPS) is 12.3. The van der Waals surface area contributed by atoms with E-state index in [2.05, 4.69) is 194 Å². The molecule has 0 spiro atoms. The molecule has 0 aromatic heterocycles. The zero-order valence-electron chi connectivity index (χ0n) is 30.5. The molecule has 0 heterocycles. The molecule has 0 atom stereocenters. The minimum atomic E-state index is 1.25. The van der Waals surface area contributed by atoms with Crippen LogP contribution in [-0.4, -0.2) is 0 Å². The summed E-state index contributed by atoms with van der Waals surface area (Å²) in [6.45, 7) is 0. The molecule has 0 aliphatic heterocycles. The Morgan fingerprint density at radius 1 is 0.196 bits per heavy atom. The molecule has 0 N–H and O–H groups in total. The molecule has 0 nitrogen and oxygen atoms in total. The van der Waals surface area contributed by atoms with Gasteiger partial charge in [-0.3, -0.25) is 0 Å². The highest BCUT2D eigenvalue weighted by Crippen LogP contribution is 2.59. The van der Waals surface area contributed by atoms with Gasteiger partial charge in [-0.2, -0.15) is 0 Å². The van der Waals surface area contributed by atoms with Crippen molar-refractivity contribution in [3.05, 3.63) is 194 Å². The van der Waals surface area contributed by atoms with E-state index in [4.69, 9.17) is 0 Å². The maximum atomic E-state index is 2.43. The molecule has 11 aromatic rings. The average Bonchev–Trinajstić information content (AvgIpc) is 3.77. The zero-order chi connectivity index (χ0) is 36.5. The predicted molar refractivity (Wildman–Crippen MR) is 239 cm³/mol. The number of hydrogen-bond donors (Lipinski definition) is 0. The molecular formula is C56H32. The largest absolute Gasteiger partial charge is 0.0616 e. The van der Waals surface area contributed by atoms with Crippen LogP contribution < -0.4 is 0 Å². The maximum absolute atomic E-state index is 2.43. The smallest absolute Gasteiger partial charge is 0.000741 e. The quantitative estimate of drug-likeness (QED) is 0.172. The van der Waals surface area contributed by atoms with Gasteiger partial charge in [0.2, 0.25) is 0 Å². The van der Waals surface area contributed by atoms with Crippen molar-refractivity contribution >= 4 is 53.9 Å². The highest BCUT2D eigenvalue weighted by atomic mass is 14.3. The fourth-order valence-electron chi connectivity index (χ4n) is 10.4. The summed E-state index contributed by atoms with van der Waals surface area (Å²) >= 11 is 0. The predicted octanol–water partition coefficient (Wildman–Crippen LogP) is 15.7. The highest BCUT2D eigenvalue weighted by Gasteiger charge is 2.32. The molecule has 256 valence electrons. The Balaban J connectivity index is 1.15. The van der Waals surface area contributed by atoms with Gasteiger partial charge in [-0.05, 0) is 144 Å². The summed E-state index contributed by atoms with van der Waals surface area (Å²) in [6, 6.07) is 72.8. The number of hydrogen-bond acceptors (Lipinski definition) is 0. The Bertz CT molecular complexity index is 3360. The Labute approximate surface area is 324 Å². The SMILES string of the molecule is c1ccc2c(c1)-c1cccc3c(-c4ccc5c6c(cccc46)-c4c-5c(-c5ccc6ccccc6c5)c5ccccc5c4-c4ccc5ccccc5c4)ccc-2c13. The van der Waals surface area contributed by atoms with Crippen molar-refractivity contribution in [3.63, 3.8) is 0 Å². The molecule has 0 bridgehead atoms. The van der Waals surface area contributed by atoms with E-state index in [1.165, 1.54) is 132 Å². The highest BCUT2D eigenvalue weighted by molar-refractivity contribution is 6.30. The van der Waals surface area contributed by atoms with Gasteiger partial charge >= 0.3 is 0 Å². The van der Waals surface area contributed by atoms with Gasteiger partial charge in [-0.25, -0.2) is 0 Å². The summed E-state index contributed by atoms with van der Waals surface area (Å²) in [6.07, 6.45) is 0. The van der Waals surface area contributed by atoms with Gasteiger partial charge in [0.15, 0.2) is 0 Å². The molecule has 11 aromatic carbocycles. The van der Waals surface area contributed by atoms with Gasteiger partial charge < -0.3 is 0 Å². The lowest BCUT2D eigenvalue weighted by Crippen LogP contribution is -1.94. The molecule has 0 saturated heterocycles. The van der Waals surface area contributed by atoms with Crippen molar-refractivity contribution in [2.45, 2.75) is 0 Å². The van der Waals surface area contributed by atoms with Crippen molar-refractivity contribution < 1.29 is 0 Å². The fourth-order valence-corrected chi connectivity index (χ4v) is 10.4. The van der Waals surface area contributed by atoms with Crippen LogP contribution in [0.3, 0.4) is 0 Å². The van der Waals surface area contributed by atoms with Gasteiger partial charge in [-0.15, -0.1) is 0 Å². The van der Waals surface area contributed by atoms with Crippen molar-refractivity contribution in [2.75, 3.05) is 0 Å². The monoisotopic (exact) mass is 704 g/mol. The molecular weight excluding hydrogens is 673 g/mol. The molecule has 0 unspecified atom stereocenters. The van der Waals surface area contributed by atoms with Crippen LogP contribution in [0.2, 0.25) is 0 Å². The van der Waals surface area contributed by atoms with Crippen LogP contribution in [-0.2, 0) is 0 Å². The van der Waals surface area contributed by atoms with E-state index in [0.29, 0.717) is 0 Å². The molecule has 13 rings (SSSR count). The Hall–Kier alpha value is -7.28. The second-order valence-electron chi connectivity index (χ2n) is 15.5. The first-order valence-electron chi connectivity index (χ1n) is 19.6. The third-order valence-corrected chi connectivity index (χ3v) is 12.7. The average molecular weight is 705 g/mol. The molecule has 0 radical (unpaired) electrons. The van der Waals surface area contributed by atoms with Crippen LogP contribution in [0.15, 0.2) is 194 Å². The van der Waals surface area contributed by atoms with Crippen LogP contribution >= 0.6 is 0 Å². The summed E-state index contributed by atoms with van der Waals surface area (Å²) < 4.78 is 0. The van der Waals surface area contributed by atoms with E-state index < -0.39 is 0 Å². The van der Waals surface area contributed by atoms with Crippen molar-refractivity contribution in [2.24, 2.45) is 0 Å². The topological polar surface area (TPSA) is 0 Å². The molecule has 0 fully saturated rings. The summed E-state index contributed by atoms with van der Waals surface area (Å²) in [5.41, 5.74) is 18.3. The summed E-state index contributed by atoms with van der Waals surface area (Å²) in [4.78, 5) is 0. The number of fused-ring (bicyclic) bond motifs is 9. The summed E-state index contributed by atoms with van der Waals surface area (Å²) in [5, 5.41) is 12.9. The van der Waals surface area contributed by atoms with Crippen LogP contribution in [0.4, 0.5) is 0 Å². The standard InChI is InChI=1S/C56H32/c1-3-13-35-31-37(25-23-33(35)11-1)51-46-17-7-8-18-47(46)52(38-26-24-34-12-2-4-14-36(34)32-38)56-50-30-28-42(45-21-10-22-49(54(45)50)55(51)56)41-27-29-48-40-16-6-5-15-39(40)43-19-9-20-44(41)53(43)48/h1-32H. The van der Waals surface area contributed by atoms with E-state index in [-0.39, 0.29) is 0 Å². The summed E-state index contributed by atoms with van der Waals surface area (Å²) in [5.74, 6) is 0. The Morgan fingerprint density at radius 2 is 0.571 bits per heavy atom. The number of rotatable bonds is 3. The van der Waals surface area contributed by atoms with Gasteiger partial charge in [0, 0.05) is 0 Å². The van der Waals surface area contributed by atoms with E-state index >= 15 is 0 Å². The van der Waals surface area contributed by atoms with Gasteiger partial charge in [0.1, 0.15) is 0 Å².